The fourth-order valence-corrected chi connectivity index (χ4v) is 4.34. The van der Waals surface area contributed by atoms with Crippen molar-refractivity contribution in [2.24, 2.45) is 0 Å². The molecule has 6 nitrogen and oxygen atoms in total. The fourth-order valence-electron chi connectivity index (χ4n) is 4.09. The third-order valence-corrected chi connectivity index (χ3v) is 5.92. The predicted molar refractivity (Wildman–Crippen MR) is 122 cm³/mol. The molecule has 1 atom stereocenters. The Balaban J connectivity index is 1.77. The number of benzene rings is 3. The molecule has 1 amide bonds. The summed E-state index contributed by atoms with van der Waals surface area (Å²) in [6, 6.07) is 18.5. The number of para-hydroxylation sites is 1. The quantitative estimate of drug-likeness (QED) is 0.429. The van der Waals surface area contributed by atoms with Gasteiger partial charge in [-0.3, -0.25) is 14.5 Å². The van der Waals surface area contributed by atoms with Crippen molar-refractivity contribution in [1.29, 1.82) is 0 Å². The number of hydrogen-bond acceptors (Lipinski definition) is 5. The van der Waals surface area contributed by atoms with Crippen molar-refractivity contribution < 1.29 is 18.7 Å². The number of halogens is 1. The van der Waals surface area contributed by atoms with E-state index in [-0.39, 0.29) is 11.2 Å². The summed E-state index contributed by atoms with van der Waals surface area (Å²) >= 11 is 6.35. The smallest absolute Gasteiger partial charge is 0.295 e. The monoisotopic (exact) mass is 447 g/mol. The Kier molecular flexibility index (Phi) is 4.87. The number of carbonyl (C=O) groups is 1. The number of ether oxygens (including phenoxy) is 2. The Bertz CT molecular complexity index is 1410. The fraction of sp³-hybridized carbons (Fsp3) is 0.120. The van der Waals surface area contributed by atoms with E-state index in [0.29, 0.717) is 38.7 Å². The molecule has 4 aromatic rings. The van der Waals surface area contributed by atoms with Gasteiger partial charge in [-0.25, -0.2) is 0 Å². The van der Waals surface area contributed by atoms with Crippen LogP contribution in [0.2, 0.25) is 5.02 Å². The van der Waals surface area contributed by atoms with Gasteiger partial charge in [0.1, 0.15) is 17.1 Å². The highest BCUT2D eigenvalue weighted by molar-refractivity contribution is 6.32. The van der Waals surface area contributed by atoms with Gasteiger partial charge in [-0.05, 0) is 48.0 Å². The van der Waals surface area contributed by atoms with Crippen LogP contribution in [-0.2, 0) is 0 Å². The maximum absolute atomic E-state index is 13.6. The lowest BCUT2D eigenvalue weighted by molar-refractivity contribution is 0.0971. The first-order valence-electron chi connectivity index (χ1n) is 9.90. The molecule has 0 aliphatic carbocycles. The van der Waals surface area contributed by atoms with Crippen molar-refractivity contribution in [1.82, 2.24) is 0 Å². The highest BCUT2D eigenvalue weighted by Crippen LogP contribution is 2.43. The van der Waals surface area contributed by atoms with Crippen LogP contribution in [0.5, 0.6) is 11.5 Å². The summed E-state index contributed by atoms with van der Waals surface area (Å²) in [6.45, 7) is 0. The van der Waals surface area contributed by atoms with Crippen molar-refractivity contribution >= 4 is 34.2 Å². The maximum Gasteiger partial charge on any atom is 0.295 e. The molecule has 0 bridgehead atoms. The second kappa shape index (κ2) is 7.73. The average molecular weight is 448 g/mol. The lowest BCUT2D eigenvalue weighted by Gasteiger charge is -2.25. The first-order valence-corrected chi connectivity index (χ1v) is 10.3. The third kappa shape index (κ3) is 3.03. The van der Waals surface area contributed by atoms with Gasteiger partial charge in [0.2, 0.25) is 5.76 Å². The summed E-state index contributed by atoms with van der Waals surface area (Å²) in [6.07, 6.45) is 0. The van der Waals surface area contributed by atoms with Crippen LogP contribution in [0.1, 0.15) is 27.7 Å². The van der Waals surface area contributed by atoms with Crippen LogP contribution in [0.15, 0.2) is 75.9 Å². The largest absolute Gasteiger partial charge is 0.497 e. The summed E-state index contributed by atoms with van der Waals surface area (Å²) in [5.74, 6) is 0.773. The molecule has 1 unspecified atom stereocenters. The van der Waals surface area contributed by atoms with Gasteiger partial charge in [-0.1, -0.05) is 35.9 Å². The van der Waals surface area contributed by atoms with Crippen LogP contribution >= 0.6 is 11.6 Å². The third-order valence-electron chi connectivity index (χ3n) is 5.62. The second-order valence-electron chi connectivity index (χ2n) is 7.34. The molecule has 1 aliphatic rings. The molecule has 1 aliphatic heterocycles. The zero-order valence-electron chi connectivity index (χ0n) is 17.3. The Morgan fingerprint density at radius 1 is 0.938 bits per heavy atom. The molecule has 0 spiro atoms. The van der Waals surface area contributed by atoms with Crippen molar-refractivity contribution in [2.45, 2.75) is 6.04 Å². The highest BCUT2D eigenvalue weighted by Gasteiger charge is 2.43. The summed E-state index contributed by atoms with van der Waals surface area (Å²) < 4.78 is 16.5. The molecule has 1 aromatic heterocycles. The van der Waals surface area contributed by atoms with Crippen molar-refractivity contribution in [3.8, 4) is 11.5 Å². The van der Waals surface area contributed by atoms with Crippen molar-refractivity contribution in [2.75, 3.05) is 19.1 Å². The molecule has 7 heteroatoms. The van der Waals surface area contributed by atoms with Crippen LogP contribution < -0.4 is 19.8 Å². The van der Waals surface area contributed by atoms with E-state index in [1.165, 1.54) is 12.0 Å². The van der Waals surface area contributed by atoms with Crippen LogP contribution in [0.3, 0.4) is 0 Å². The average Bonchev–Trinajstić information content (AvgIpc) is 3.11. The van der Waals surface area contributed by atoms with E-state index in [2.05, 4.69) is 0 Å². The molecular formula is C25H18ClNO5. The summed E-state index contributed by atoms with van der Waals surface area (Å²) in [7, 11) is 3.10. The van der Waals surface area contributed by atoms with E-state index in [9.17, 15) is 9.59 Å². The van der Waals surface area contributed by atoms with Gasteiger partial charge in [-0.15, -0.1) is 0 Å². The van der Waals surface area contributed by atoms with E-state index in [1.807, 2.05) is 12.1 Å². The summed E-state index contributed by atoms with van der Waals surface area (Å²) in [5.41, 5.74) is 1.69. The number of rotatable bonds is 4. The van der Waals surface area contributed by atoms with Crippen LogP contribution in [0.25, 0.3) is 11.0 Å². The Hall–Kier alpha value is -3.77. The molecule has 2 heterocycles. The Morgan fingerprint density at radius 2 is 1.69 bits per heavy atom. The molecule has 0 fully saturated rings. The molecule has 0 radical (unpaired) electrons. The standard InChI is InChI=1S/C25H18ClNO5/c1-30-16-10-7-14(8-11-16)22-21-23(28)17-5-3-4-6-19(17)32-24(21)25(29)27(22)15-9-12-20(31-2)18(26)13-15/h3-13,22H,1-2H3. The van der Waals surface area contributed by atoms with E-state index < -0.39 is 11.9 Å². The van der Waals surface area contributed by atoms with Crippen LogP contribution in [0.4, 0.5) is 5.69 Å². The molecule has 0 saturated carbocycles. The van der Waals surface area contributed by atoms with Gasteiger partial charge < -0.3 is 13.9 Å². The van der Waals surface area contributed by atoms with Gasteiger partial charge >= 0.3 is 0 Å². The van der Waals surface area contributed by atoms with E-state index >= 15 is 0 Å². The minimum absolute atomic E-state index is 0.0291. The topological polar surface area (TPSA) is 69.0 Å². The van der Waals surface area contributed by atoms with Gasteiger partial charge in [-0.2, -0.15) is 0 Å². The number of carbonyl (C=O) groups excluding carboxylic acids is 1. The molecule has 160 valence electrons. The SMILES string of the molecule is COc1ccc(C2c3c(oc4ccccc4c3=O)C(=O)N2c2ccc(OC)c(Cl)c2)cc1. The van der Waals surface area contributed by atoms with E-state index in [0.717, 1.165) is 5.56 Å². The first-order chi connectivity index (χ1) is 15.5. The maximum atomic E-state index is 13.6. The number of hydrogen-bond donors (Lipinski definition) is 0. The Morgan fingerprint density at radius 3 is 2.38 bits per heavy atom. The minimum atomic E-state index is -0.686. The molecule has 32 heavy (non-hydrogen) atoms. The van der Waals surface area contributed by atoms with Gasteiger partial charge in [0.05, 0.1) is 36.2 Å². The van der Waals surface area contributed by atoms with Crippen LogP contribution in [0, 0.1) is 0 Å². The molecule has 0 saturated heterocycles. The van der Waals surface area contributed by atoms with Gasteiger partial charge in [0.25, 0.3) is 5.91 Å². The summed E-state index contributed by atoms with van der Waals surface area (Å²) in [4.78, 5) is 28.6. The minimum Gasteiger partial charge on any atom is -0.497 e. The van der Waals surface area contributed by atoms with Crippen molar-refractivity contribution in [3.63, 3.8) is 0 Å². The van der Waals surface area contributed by atoms with Crippen LogP contribution in [-0.4, -0.2) is 20.1 Å². The first kappa shape index (κ1) is 20.2. The van der Waals surface area contributed by atoms with Crippen molar-refractivity contribution in [3.05, 3.63) is 98.9 Å². The zero-order valence-corrected chi connectivity index (χ0v) is 18.1. The normalized spacial score (nSPS) is 15.2. The van der Waals surface area contributed by atoms with Gasteiger partial charge in [0, 0.05) is 5.69 Å². The molecule has 5 rings (SSSR count). The van der Waals surface area contributed by atoms with Gasteiger partial charge in [0.15, 0.2) is 5.43 Å². The summed E-state index contributed by atoms with van der Waals surface area (Å²) in [5, 5.41) is 0.777. The lowest BCUT2D eigenvalue weighted by Crippen LogP contribution is -2.29. The lowest BCUT2D eigenvalue weighted by atomic mass is 9.98. The van der Waals surface area contributed by atoms with E-state index in [4.69, 9.17) is 25.5 Å². The Labute approximate surface area is 188 Å². The van der Waals surface area contributed by atoms with E-state index in [1.54, 1.807) is 61.7 Å². The predicted octanol–water partition coefficient (Wildman–Crippen LogP) is 5.21. The molecular weight excluding hydrogens is 430 g/mol. The number of amides is 1. The zero-order chi connectivity index (χ0) is 22.4. The molecule has 3 aromatic carbocycles. The highest BCUT2D eigenvalue weighted by atomic mass is 35.5. The molecule has 0 N–H and O–H groups in total. The number of methoxy groups -OCH3 is 2. The second-order valence-corrected chi connectivity index (χ2v) is 7.75. The number of nitrogens with zero attached hydrogens (tertiary/aromatic N) is 1. The number of fused-ring (bicyclic) bond motifs is 2. The number of anilines is 1.